The van der Waals surface area contributed by atoms with Crippen LogP contribution in [0.25, 0.3) is 0 Å². The predicted octanol–water partition coefficient (Wildman–Crippen LogP) is 2.09. The Balaban J connectivity index is 1.86. The smallest absolute Gasteiger partial charge is 0.0693 e. The van der Waals surface area contributed by atoms with Gasteiger partial charge in [0.05, 0.1) is 6.10 Å². The maximum absolute atomic E-state index is 10.0. The van der Waals surface area contributed by atoms with Gasteiger partial charge in [-0.2, -0.15) is 0 Å². The number of aliphatic hydroxyl groups is 1. The zero-order chi connectivity index (χ0) is 14.0. The van der Waals surface area contributed by atoms with E-state index < -0.39 is 0 Å². The van der Waals surface area contributed by atoms with Gasteiger partial charge in [-0.1, -0.05) is 20.8 Å². The van der Waals surface area contributed by atoms with Crippen molar-refractivity contribution in [2.45, 2.75) is 58.6 Å². The minimum Gasteiger partial charge on any atom is -0.392 e. The zero-order valence-corrected chi connectivity index (χ0v) is 12.9. The topological polar surface area (TPSA) is 49.5 Å². The molecule has 0 aromatic carbocycles. The van der Waals surface area contributed by atoms with Crippen LogP contribution >= 0.6 is 0 Å². The molecule has 0 aromatic rings. The molecule has 1 heterocycles. The van der Waals surface area contributed by atoms with Crippen molar-refractivity contribution in [2.24, 2.45) is 29.4 Å². The fourth-order valence-corrected chi connectivity index (χ4v) is 3.75. The summed E-state index contributed by atoms with van der Waals surface area (Å²) in [7, 11) is 0. The fourth-order valence-electron chi connectivity index (χ4n) is 3.75. The molecule has 0 aromatic heterocycles. The van der Waals surface area contributed by atoms with Crippen LogP contribution in [-0.4, -0.2) is 41.8 Å². The van der Waals surface area contributed by atoms with E-state index in [9.17, 15) is 5.11 Å². The van der Waals surface area contributed by atoms with Crippen LogP contribution in [-0.2, 0) is 0 Å². The molecule has 2 aliphatic rings. The number of β-amino-alcohol motifs (C(OH)–C–C–N with tert-alkyl or cyclic N) is 1. The first-order chi connectivity index (χ1) is 8.97. The van der Waals surface area contributed by atoms with Gasteiger partial charge in [-0.15, -0.1) is 0 Å². The second-order valence-electron chi connectivity index (χ2n) is 7.33. The minimum absolute atomic E-state index is 0.144. The molecule has 3 N–H and O–H groups in total. The molecule has 3 heteroatoms. The van der Waals surface area contributed by atoms with Crippen molar-refractivity contribution in [2.75, 3.05) is 19.6 Å². The number of hydrogen-bond acceptors (Lipinski definition) is 3. The molecule has 19 heavy (non-hydrogen) atoms. The molecule has 5 atom stereocenters. The highest BCUT2D eigenvalue weighted by atomic mass is 16.3. The van der Waals surface area contributed by atoms with Gasteiger partial charge in [-0.25, -0.2) is 0 Å². The Labute approximate surface area is 118 Å². The Morgan fingerprint density at radius 3 is 2.63 bits per heavy atom. The van der Waals surface area contributed by atoms with Crippen molar-refractivity contribution in [1.82, 2.24) is 4.90 Å². The summed E-state index contributed by atoms with van der Waals surface area (Å²) in [6, 6.07) is 0.367. The number of likely N-dealkylation sites (tertiary alicyclic amines) is 1. The molecular formula is C16H32N2O. The normalized spacial score (nSPS) is 41.7. The largest absolute Gasteiger partial charge is 0.392 e. The van der Waals surface area contributed by atoms with Gasteiger partial charge >= 0.3 is 0 Å². The predicted molar refractivity (Wildman–Crippen MR) is 79.9 cm³/mol. The van der Waals surface area contributed by atoms with Crippen LogP contribution in [0.4, 0.5) is 0 Å². The van der Waals surface area contributed by atoms with Gasteiger partial charge in [0, 0.05) is 19.1 Å². The Bertz CT molecular complexity index is 282. The standard InChI is InChI=1S/C16H32N2O/c1-11(2)13-4-5-15(17)14(8-13)9-18-7-6-12(3)16(19)10-18/h11-16,19H,4-10,17H2,1-3H3. The summed E-state index contributed by atoms with van der Waals surface area (Å²) in [4.78, 5) is 2.44. The van der Waals surface area contributed by atoms with Gasteiger partial charge in [-0.05, 0) is 55.9 Å². The summed E-state index contributed by atoms with van der Waals surface area (Å²) >= 11 is 0. The van der Waals surface area contributed by atoms with E-state index in [0.717, 1.165) is 37.9 Å². The van der Waals surface area contributed by atoms with Crippen LogP contribution < -0.4 is 5.73 Å². The number of nitrogens with zero attached hydrogens (tertiary/aromatic N) is 1. The highest BCUT2D eigenvalue weighted by Crippen LogP contribution is 2.34. The molecule has 0 bridgehead atoms. The molecule has 1 saturated heterocycles. The first-order valence-electron chi connectivity index (χ1n) is 8.13. The van der Waals surface area contributed by atoms with E-state index in [1.807, 2.05) is 0 Å². The fraction of sp³-hybridized carbons (Fsp3) is 1.00. The third-order valence-corrected chi connectivity index (χ3v) is 5.52. The van der Waals surface area contributed by atoms with Crippen LogP contribution in [0.1, 0.15) is 46.5 Å². The summed E-state index contributed by atoms with van der Waals surface area (Å²) < 4.78 is 0. The summed E-state index contributed by atoms with van der Waals surface area (Å²) in [6.07, 6.45) is 4.74. The molecule has 2 rings (SSSR count). The molecule has 1 saturated carbocycles. The van der Waals surface area contributed by atoms with Crippen LogP contribution in [0.3, 0.4) is 0 Å². The average molecular weight is 268 g/mol. The number of piperidine rings is 1. The Morgan fingerprint density at radius 2 is 2.00 bits per heavy atom. The quantitative estimate of drug-likeness (QED) is 0.824. The molecular weight excluding hydrogens is 236 g/mol. The number of aliphatic hydroxyl groups excluding tert-OH is 1. The lowest BCUT2D eigenvalue weighted by molar-refractivity contribution is 0.0152. The molecule has 1 aliphatic heterocycles. The molecule has 1 aliphatic carbocycles. The molecule has 112 valence electrons. The molecule has 5 unspecified atom stereocenters. The van der Waals surface area contributed by atoms with Gasteiger partial charge in [0.1, 0.15) is 0 Å². The first kappa shape index (κ1) is 15.3. The van der Waals surface area contributed by atoms with Gasteiger partial charge in [0.15, 0.2) is 0 Å². The van der Waals surface area contributed by atoms with Crippen molar-refractivity contribution in [3.8, 4) is 0 Å². The minimum atomic E-state index is -0.144. The highest BCUT2D eigenvalue weighted by Gasteiger charge is 2.32. The van der Waals surface area contributed by atoms with Crippen LogP contribution in [0.5, 0.6) is 0 Å². The molecule has 0 amide bonds. The second kappa shape index (κ2) is 6.55. The van der Waals surface area contributed by atoms with Gasteiger partial charge < -0.3 is 15.7 Å². The first-order valence-corrected chi connectivity index (χ1v) is 8.13. The van der Waals surface area contributed by atoms with Crippen molar-refractivity contribution < 1.29 is 5.11 Å². The second-order valence-corrected chi connectivity index (χ2v) is 7.33. The Hall–Kier alpha value is -0.120. The monoisotopic (exact) mass is 268 g/mol. The van der Waals surface area contributed by atoms with Crippen molar-refractivity contribution >= 4 is 0 Å². The summed E-state index contributed by atoms with van der Waals surface area (Å²) in [5, 5.41) is 10.0. The zero-order valence-electron chi connectivity index (χ0n) is 12.9. The third kappa shape index (κ3) is 3.93. The lowest BCUT2D eigenvalue weighted by Gasteiger charge is -2.41. The van der Waals surface area contributed by atoms with Crippen molar-refractivity contribution in [3.05, 3.63) is 0 Å². The molecule has 2 fully saturated rings. The highest BCUT2D eigenvalue weighted by molar-refractivity contribution is 4.87. The van der Waals surface area contributed by atoms with E-state index in [-0.39, 0.29) is 6.10 Å². The average Bonchev–Trinajstić information content (AvgIpc) is 2.36. The molecule has 3 nitrogen and oxygen atoms in total. The number of nitrogens with two attached hydrogens (primary N) is 1. The number of hydrogen-bond donors (Lipinski definition) is 2. The van der Waals surface area contributed by atoms with E-state index in [1.54, 1.807) is 0 Å². The lowest BCUT2D eigenvalue weighted by Crippen LogP contribution is -2.49. The number of rotatable bonds is 3. The Morgan fingerprint density at radius 1 is 1.26 bits per heavy atom. The summed E-state index contributed by atoms with van der Waals surface area (Å²) in [5.74, 6) is 2.71. The van der Waals surface area contributed by atoms with Crippen molar-refractivity contribution in [3.63, 3.8) is 0 Å². The van der Waals surface area contributed by atoms with Crippen LogP contribution in [0.2, 0.25) is 0 Å². The maximum atomic E-state index is 10.0. The van der Waals surface area contributed by atoms with E-state index in [1.165, 1.54) is 19.3 Å². The van der Waals surface area contributed by atoms with E-state index in [4.69, 9.17) is 5.73 Å². The summed E-state index contributed by atoms with van der Waals surface area (Å²) in [6.45, 7) is 9.90. The van der Waals surface area contributed by atoms with E-state index in [0.29, 0.717) is 17.9 Å². The van der Waals surface area contributed by atoms with Gasteiger partial charge in [0.2, 0.25) is 0 Å². The van der Waals surface area contributed by atoms with Crippen LogP contribution in [0, 0.1) is 23.7 Å². The summed E-state index contributed by atoms with van der Waals surface area (Å²) in [5.41, 5.74) is 6.33. The van der Waals surface area contributed by atoms with E-state index >= 15 is 0 Å². The van der Waals surface area contributed by atoms with Gasteiger partial charge in [0.25, 0.3) is 0 Å². The Kier molecular flexibility index (Phi) is 5.27. The lowest BCUT2D eigenvalue weighted by atomic mass is 9.73. The molecule has 0 spiro atoms. The van der Waals surface area contributed by atoms with Crippen molar-refractivity contribution in [1.29, 1.82) is 0 Å². The third-order valence-electron chi connectivity index (χ3n) is 5.52. The van der Waals surface area contributed by atoms with E-state index in [2.05, 4.69) is 25.7 Å². The maximum Gasteiger partial charge on any atom is 0.0693 e. The SMILES string of the molecule is CC(C)C1CCC(N)C(CN2CCC(C)C(O)C2)C1. The van der Waals surface area contributed by atoms with Gasteiger partial charge in [-0.3, -0.25) is 0 Å². The van der Waals surface area contributed by atoms with Crippen LogP contribution in [0.15, 0.2) is 0 Å². The molecule has 0 radical (unpaired) electrons.